The van der Waals surface area contributed by atoms with Crippen molar-refractivity contribution in [3.05, 3.63) is 29.1 Å². The number of esters is 1. The summed E-state index contributed by atoms with van der Waals surface area (Å²) in [4.78, 5) is 19.4. The van der Waals surface area contributed by atoms with E-state index in [-0.39, 0.29) is 17.6 Å². The minimum atomic E-state index is -0.0239. The molecule has 3 atom stereocenters. The second-order valence-electron chi connectivity index (χ2n) is 7.32. The Labute approximate surface area is 157 Å². The van der Waals surface area contributed by atoms with Gasteiger partial charge < -0.3 is 14.7 Å². The highest BCUT2D eigenvalue weighted by molar-refractivity contribution is 7.14. The van der Waals surface area contributed by atoms with Crippen LogP contribution in [0.2, 0.25) is 0 Å². The van der Waals surface area contributed by atoms with Gasteiger partial charge in [-0.25, -0.2) is 4.98 Å². The van der Waals surface area contributed by atoms with Gasteiger partial charge in [0.1, 0.15) is 5.75 Å². The Bertz CT molecular complexity index is 805. The number of hydrogen-bond donors (Lipinski definition) is 1. The van der Waals surface area contributed by atoms with Crippen molar-refractivity contribution in [2.45, 2.75) is 26.7 Å². The van der Waals surface area contributed by atoms with Crippen molar-refractivity contribution in [2.75, 3.05) is 24.6 Å². The molecule has 2 aliphatic rings. The number of phenolic OH excluding ortho intramolecular Hbond substituents is 1. The average Bonchev–Trinajstić information content (AvgIpc) is 3.20. The number of hydrogen-bond acceptors (Lipinski definition) is 6. The molecule has 2 fully saturated rings. The first kappa shape index (κ1) is 17.3. The summed E-state index contributed by atoms with van der Waals surface area (Å²) in [6.07, 6.45) is 2.17. The molecule has 1 saturated heterocycles. The maximum atomic E-state index is 12.3. The molecule has 6 heteroatoms. The lowest BCUT2D eigenvalue weighted by atomic mass is 9.85. The molecule has 0 spiro atoms. The zero-order valence-electron chi connectivity index (χ0n) is 15.1. The Kier molecular flexibility index (Phi) is 4.61. The van der Waals surface area contributed by atoms with Gasteiger partial charge in [0.25, 0.3) is 0 Å². The number of anilines is 1. The normalized spacial score (nSPS) is 24.7. The summed E-state index contributed by atoms with van der Waals surface area (Å²) in [5.74, 6) is 0.990. The second kappa shape index (κ2) is 6.91. The average molecular weight is 372 g/mol. The number of aromatic nitrogens is 1. The third kappa shape index (κ3) is 3.07. The molecule has 1 N–H and O–H groups in total. The molecular weight excluding hydrogens is 348 g/mol. The number of rotatable bonds is 4. The molecule has 0 unspecified atom stereocenters. The number of fused-ring (bicyclic) bond motifs is 2. The number of piperidine rings is 1. The van der Waals surface area contributed by atoms with Crippen LogP contribution in [0.15, 0.2) is 23.6 Å². The van der Waals surface area contributed by atoms with E-state index in [0.717, 1.165) is 47.9 Å². The van der Waals surface area contributed by atoms with Crippen LogP contribution in [0.1, 0.15) is 25.3 Å². The molecule has 5 nitrogen and oxygen atoms in total. The fraction of sp³-hybridized carbons (Fsp3) is 0.500. The Morgan fingerprint density at radius 2 is 2.08 bits per heavy atom. The van der Waals surface area contributed by atoms with Gasteiger partial charge in [0.05, 0.1) is 18.2 Å². The minimum Gasteiger partial charge on any atom is -0.507 e. The standard InChI is InChI=1S/C20H24N2O3S/c1-3-25-19(24)18-13-5-6-14(18)10-22(9-13)20-21-16(11-26-20)15-8-12(2)4-7-17(15)23/h4,7-8,11,13-14,18,23H,3,5-6,9-10H2,1-2H3/t13-,14+,18+. The van der Waals surface area contributed by atoms with Crippen molar-refractivity contribution in [1.82, 2.24) is 4.98 Å². The topological polar surface area (TPSA) is 62.7 Å². The van der Waals surface area contributed by atoms with Crippen LogP contribution in [0, 0.1) is 24.7 Å². The van der Waals surface area contributed by atoms with E-state index in [9.17, 15) is 9.90 Å². The zero-order chi connectivity index (χ0) is 18.3. The van der Waals surface area contributed by atoms with E-state index in [1.807, 2.05) is 31.4 Å². The SMILES string of the molecule is CCOC(=O)[C@H]1[C@@H]2CC[C@H]1CN(c1nc(-c3cc(C)ccc3O)cs1)C2. The van der Waals surface area contributed by atoms with E-state index < -0.39 is 0 Å². The summed E-state index contributed by atoms with van der Waals surface area (Å²) in [5, 5.41) is 13.1. The van der Waals surface area contributed by atoms with Crippen LogP contribution in [0.3, 0.4) is 0 Å². The minimum absolute atomic E-state index is 0.0239. The van der Waals surface area contributed by atoms with Gasteiger partial charge in [-0.15, -0.1) is 11.3 Å². The number of aromatic hydroxyl groups is 1. The highest BCUT2D eigenvalue weighted by atomic mass is 32.1. The number of aryl methyl sites for hydroxylation is 1. The molecule has 1 aromatic heterocycles. The molecule has 2 bridgehead atoms. The first-order valence-corrected chi connectivity index (χ1v) is 10.1. The Morgan fingerprint density at radius 1 is 1.35 bits per heavy atom. The van der Waals surface area contributed by atoms with Gasteiger partial charge in [-0.2, -0.15) is 0 Å². The van der Waals surface area contributed by atoms with Crippen molar-refractivity contribution in [3.63, 3.8) is 0 Å². The van der Waals surface area contributed by atoms with E-state index in [4.69, 9.17) is 9.72 Å². The summed E-state index contributed by atoms with van der Waals surface area (Å²) < 4.78 is 5.29. The van der Waals surface area contributed by atoms with Crippen LogP contribution >= 0.6 is 11.3 Å². The summed E-state index contributed by atoms with van der Waals surface area (Å²) in [6, 6.07) is 5.57. The van der Waals surface area contributed by atoms with Gasteiger partial charge in [-0.3, -0.25) is 4.79 Å². The van der Waals surface area contributed by atoms with Crippen LogP contribution in [0.4, 0.5) is 5.13 Å². The van der Waals surface area contributed by atoms with Crippen molar-refractivity contribution in [1.29, 1.82) is 0 Å². The number of carbonyl (C=O) groups is 1. The number of carbonyl (C=O) groups excluding carboxylic acids is 1. The molecule has 2 aromatic rings. The Morgan fingerprint density at radius 3 is 2.77 bits per heavy atom. The maximum Gasteiger partial charge on any atom is 0.309 e. The molecule has 0 radical (unpaired) electrons. The van der Waals surface area contributed by atoms with Gasteiger partial charge in [-0.1, -0.05) is 11.6 Å². The van der Waals surface area contributed by atoms with Crippen molar-refractivity contribution >= 4 is 22.4 Å². The van der Waals surface area contributed by atoms with E-state index in [1.54, 1.807) is 17.4 Å². The van der Waals surface area contributed by atoms with Crippen molar-refractivity contribution in [3.8, 4) is 17.0 Å². The molecule has 1 aromatic carbocycles. The summed E-state index contributed by atoms with van der Waals surface area (Å²) >= 11 is 1.60. The fourth-order valence-electron chi connectivity index (χ4n) is 4.39. The number of phenols is 1. The molecule has 1 aliphatic heterocycles. The predicted molar refractivity (Wildman–Crippen MR) is 103 cm³/mol. The third-order valence-corrected chi connectivity index (χ3v) is 6.48. The lowest BCUT2D eigenvalue weighted by molar-refractivity contribution is -0.151. The van der Waals surface area contributed by atoms with Crippen molar-refractivity contribution < 1.29 is 14.6 Å². The zero-order valence-corrected chi connectivity index (χ0v) is 16.0. The lowest BCUT2D eigenvalue weighted by Crippen LogP contribution is -2.45. The predicted octanol–water partition coefficient (Wildman–Crippen LogP) is 3.85. The summed E-state index contributed by atoms with van der Waals surface area (Å²) in [5.41, 5.74) is 2.68. The van der Waals surface area contributed by atoms with Gasteiger partial charge >= 0.3 is 5.97 Å². The molecule has 1 aliphatic carbocycles. The maximum absolute atomic E-state index is 12.3. The first-order chi connectivity index (χ1) is 12.6. The van der Waals surface area contributed by atoms with Gasteiger partial charge in [0, 0.05) is 24.0 Å². The van der Waals surface area contributed by atoms with E-state index in [1.165, 1.54) is 0 Å². The molecule has 1 saturated carbocycles. The molecule has 4 rings (SSSR count). The molecule has 26 heavy (non-hydrogen) atoms. The van der Waals surface area contributed by atoms with E-state index in [2.05, 4.69) is 4.90 Å². The Balaban J connectivity index is 1.53. The van der Waals surface area contributed by atoms with Crippen LogP contribution < -0.4 is 4.90 Å². The molecule has 138 valence electrons. The lowest BCUT2D eigenvalue weighted by Gasteiger charge is -2.36. The molecule has 2 heterocycles. The monoisotopic (exact) mass is 372 g/mol. The number of benzene rings is 1. The fourth-order valence-corrected chi connectivity index (χ4v) is 5.24. The van der Waals surface area contributed by atoms with Gasteiger partial charge in [0.2, 0.25) is 0 Å². The van der Waals surface area contributed by atoms with Crippen LogP contribution in [0.5, 0.6) is 5.75 Å². The van der Waals surface area contributed by atoms with Gasteiger partial charge in [0.15, 0.2) is 5.13 Å². The highest BCUT2D eigenvalue weighted by Gasteiger charge is 2.47. The third-order valence-electron chi connectivity index (χ3n) is 5.58. The highest BCUT2D eigenvalue weighted by Crippen LogP contribution is 2.44. The van der Waals surface area contributed by atoms with Crippen LogP contribution in [0.25, 0.3) is 11.3 Å². The molecular formula is C20H24N2O3S. The van der Waals surface area contributed by atoms with Crippen LogP contribution in [-0.4, -0.2) is 35.8 Å². The van der Waals surface area contributed by atoms with Gasteiger partial charge in [-0.05, 0) is 50.7 Å². The largest absolute Gasteiger partial charge is 0.507 e. The quantitative estimate of drug-likeness (QED) is 0.826. The van der Waals surface area contributed by atoms with E-state index >= 15 is 0 Å². The second-order valence-corrected chi connectivity index (χ2v) is 8.15. The number of nitrogens with zero attached hydrogens (tertiary/aromatic N) is 2. The first-order valence-electron chi connectivity index (χ1n) is 9.24. The summed E-state index contributed by atoms with van der Waals surface area (Å²) in [7, 11) is 0. The number of thiazole rings is 1. The Hall–Kier alpha value is -2.08. The smallest absolute Gasteiger partial charge is 0.309 e. The van der Waals surface area contributed by atoms with Crippen LogP contribution in [-0.2, 0) is 9.53 Å². The van der Waals surface area contributed by atoms with Crippen molar-refractivity contribution in [2.24, 2.45) is 17.8 Å². The molecule has 0 amide bonds. The number of ether oxygens (including phenoxy) is 1. The summed E-state index contributed by atoms with van der Waals surface area (Å²) in [6.45, 7) is 6.04. The van der Waals surface area contributed by atoms with E-state index in [0.29, 0.717) is 18.4 Å².